The van der Waals surface area contributed by atoms with Crippen LogP contribution in [0.2, 0.25) is 5.02 Å². The number of hydrogen-bond acceptors (Lipinski definition) is 3. The lowest BCUT2D eigenvalue weighted by Gasteiger charge is -2.28. The van der Waals surface area contributed by atoms with Gasteiger partial charge in [0.05, 0.1) is 0 Å². The maximum Gasteiger partial charge on any atom is 0.243 e. The van der Waals surface area contributed by atoms with Gasteiger partial charge in [-0.25, -0.2) is 17.5 Å². The Bertz CT molecular complexity index is 578. The highest BCUT2D eigenvalue weighted by Gasteiger charge is 2.27. The lowest BCUT2D eigenvalue weighted by molar-refractivity contribution is 0.320. The van der Waals surface area contributed by atoms with E-state index in [0.717, 1.165) is 38.1 Å². The maximum absolute atomic E-state index is 13.7. The molecule has 0 radical (unpaired) electrons. The van der Waals surface area contributed by atoms with Crippen molar-refractivity contribution >= 4 is 34.0 Å². The van der Waals surface area contributed by atoms with Crippen molar-refractivity contribution in [2.45, 2.75) is 30.7 Å². The topological polar surface area (TPSA) is 58.2 Å². The first-order valence-electron chi connectivity index (χ1n) is 6.58. The third-order valence-electron chi connectivity index (χ3n) is 3.57. The zero-order valence-electron chi connectivity index (χ0n) is 11.6. The van der Waals surface area contributed by atoms with Crippen molar-refractivity contribution in [3.8, 4) is 0 Å². The van der Waals surface area contributed by atoms with Gasteiger partial charge in [0.25, 0.3) is 0 Å². The van der Waals surface area contributed by atoms with Crippen LogP contribution < -0.4 is 10.0 Å². The highest BCUT2D eigenvalue weighted by molar-refractivity contribution is 7.89. The molecule has 1 saturated heterocycles. The maximum atomic E-state index is 13.7. The summed E-state index contributed by atoms with van der Waals surface area (Å²) < 4.78 is 40.7. The molecule has 0 aliphatic carbocycles. The molecule has 1 aromatic carbocycles. The average molecular weight is 357 g/mol. The lowest BCUT2D eigenvalue weighted by atomic mass is 9.94. The average Bonchev–Trinajstić information content (AvgIpc) is 2.42. The van der Waals surface area contributed by atoms with Crippen LogP contribution in [0.25, 0.3) is 0 Å². The zero-order chi connectivity index (χ0) is 14.8. The highest BCUT2D eigenvalue weighted by Crippen LogP contribution is 2.21. The number of nitrogens with one attached hydrogen (secondary N) is 2. The molecular formula is C13H19Cl2FN2O2S. The van der Waals surface area contributed by atoms with Crippen LogP contribution in [-0.2, 0) is 10.0 Å². The predicted molar refractivity (Wildman–Crippen MR) is 84.0 cm³/mol. The molecule has 0 spiro atoms. The number of rotatable bonds is 4. The molecule has 1 heterocycles. The summed E-state index contributed by atoms with van der Waals surface area (Å²) in [5.41, 5.74) is 0. The van der Waals surface area contributed by atoms with Crippen molar-refractivity contribution in [1.82, 2.24) is 10.0 Å². The molecule has 1 aliphatic rings. The smallest absolute Gasteiger partial charge is 0.243 e. The molecular weight excluding hydrogens is 338 g/mol. The summed E-state index contributed by atoms with van der Waals surface area (Å²) in [6.45, 7) is 3.53. The monoisotopic (exact) mass is 356 g/mol. The van der Waals surface area contributed by atoms with Gasteiger partial charge in [0.2, 0.25) is 10.0 Å². The largest absolute Gasteiger partial charge is 0.316 e. The fraction of sp³-hybridized carbons (Fsp3) is 0.538. The normalized spacial score (nSPS) is 20.6. The van der Waals surface area contributed by atoms with Gasteiger partial charge in [0.15, 0.2) is 0 Å². The van der Waals surface area contributed by atoms with Gasteiger partial charge in [-0.05, 0) is 57.0 Å². The second-order valence-electron chi connectivity index (χ2n) is 5.09. The summed E-state index contributed by atoms with van der Waals surface area (Å²) in [4.78, 5) is -0.402. The van der Waals surface area contributed by atoms with Crippen molar-refractivity contribution in [2.24, 2.45) is 5.92 Å². The molecule has 2 atom stereocenters. The van der Waals surface area contributed by atoms with E-state index in [2.05, 4.69) is 10.0 Å². The Morgan fingerprint density at radius 1 is 1.48 bits per heavy atom. The number of sulfonamides is 1. The third-order valence-corrected chi connectivity index (χ3v) is 5.37. The predicted octanol–water partition coefficient (Wildman–Crippen LogP) is 2.57. The summed E-state index contributed by atoms with van der Waals surface area (Å²) in [7, 11) is -3.90. The minimum absolute atomic E-state index is 0. The Morgan fingerprint density at radius 2 is 2.19 bits per heavy atom. The van der Waals surface area contributed by atoms with E-state index in [9.17, 15) is 12.8 Å². The Morgan fingerprint density at radius 3 is 2.81 bits per heavy atom. The van der Waals surface area contributed by atoms with Crippen molar-refractivity contribution in [1.29, 1.82) is 0 Å². The lowest BCUT2D eigenvalue weighted by Crippen LogP contribution is -2.44. The van der Waals surface area contributed by atoms with E-state index in [1.807, 2.05) is 0 Å². The first kappa shape index (κ1) is 18.6. The molecule has 0 saturated carbocycles. The van der Waals surface area contributed by atoms with Crippen LogP contribution in [0.4, 0.5) is 4.39 Å². The van der Waals surface area contributed by atoms with Crippen LogP contribution in [0, 0.1) is 11.7 Å². The zero-order valence-corrected chi connectivity index (χ0v) is 14.0. The van der Waals surface area contributed by atoms with Gasteiger partial charge in [-0.15, -0.1) is 12.4 Å². The molecule has 1 fully saturated rings. The first-order valence-corrected chi connectivity index (χ1v) is 8.44. The van der Waals surface area contributed by atoms with E-state index in [1.54, 1.807) is 6.92 Å². The van der Waals surface area contributed by atoms with Gasteiger partial charge in [0, 0.05) is 11.1 Å². The van der Waals surface area contributed by atoms with Crippen LogP contribution in [0.1, 0.15) is 19.8 Å². The second kappa shape index (κ2) is 7.74. The van der Waals surface area contributed by atoms with Crippen LogP contribution in [0.15, 0.2) is 23.1 Å². The summed E-state index contributed by atoms with van der Waals surface area (Å²) in [6.07, 6.45) is 1.97. The highest BCUT2D eigenvalue weighted by atomic mass is 35.5. The van der Waals surface area contributed by atoms with Gasteiger partial charge in [0.1, 0.15) is 10.7 Å². The number of piperidine rings is 1. The molecule has 4 nitrogen and oxygen atoms in total. The van der Waals surface area contributed by atoms with E-state index in [0.29, 0.717) is 0 Å². The van der Waals surface area contributed by atoms with Gasteiger partial charge in [-0.1, -0.05) is 11.6 Å². The Labute approximate surface area is 135 Å². The number of halogens is 3. The van der Waals surface area contributed by atoms with Crippen molar-refractivity contribution < 1.29 is 12.8 Å². The molecule has 1 aliphatic heterocycles. The molecule has 0 aromatic heterocycles. The summed E-state index contributed by atoms with van der Waals surface area (Å²) in [5, 5.41) is 3.43. The van der Waals surface area contributed by atoms with Gasteiger partial charge < -0.3 is 5.32 Å². The van der Waals surface area contributed by atoms with Crippen molar-refractivity contribution in [2.75, 3.05) is 13.1 Å². The van der Waals surface area contributed by atoms with Gasteiger partial charge in [-0.3, -0.25) is 0 Å². The second-order valence-corrected chi connectivity index (χ2v) is 7.21. The summed E-state index contributed by atoms with van der Waals surface area (Å²) >= 11 is 5.74. The molecule has 0 bridgehead atoms. The molecule has 2 rings (SSSR count). The van der Waals surface area contributed by atoms with E-state index in [1.165, 1.54) is 6.07 Å². The molecule has 120 valence electrons. The standard InChI is InChI=1S/C13H18ClFN2O2S.ClH/c1-9(10-3-2-6-16-8-10)17-20(18,19)13-7-11(14)4-5-12(13)15;/h4-5,7,9-10,16-17H,2-3,6,8H2,1H3;1H. The number of hydrogen-bond donors (Lipinski definition) is 2. The fourth-order valence-corrected chi connectivity index (χ4v) is 4.05. The van der Waals surface area contributed by atoms with Gasteiger partial charge >= 0.3 is 0 Å². The van der Waals surface area contributed by atoms with Gasteiger partial charge in [-0.2, -0.15) is 0 Å². The van der Waals surface area contributed by atoms with Crippen molar-refractivity contribution in [3.05, 3.63) is 29.0 Å². The number of benzene rings is 1. The third kappa shape index (κ3) is 4.79. The minimum Gasteiger partial charge on any atom is -0.316 e. The molecule has 2 N–H and O–H groups in total. The summed E-state index contributed by atoms with van der Waals surface area (Å²) in [6, 6.07) is 3.25. The van der Waals surface area contributed by atoms with Crippen molar-refractivity contribution in [3.63, 3.8) is 0 Å². The molecule has 2 unspecified atom stereocenters. The van der Waals surface area contributed by atoms with E-state index in [4.69, 9.17) is 11.6 Å². The van der Waals surface area contributed by atoms with Crippen LogP contribution in [0.3, 0.4) is 0 Å². The minimum atomic E-state index is -3.90. The quantitative estimate of drug-likeness (QED) is 0.871. The molecule has 1 aromatic rings. The van der Waals surface area contributed by atoms with E-state index >= 15 is 0 Å². The van der Waals surface area contributed by atoms with Crippen LogP contribution >= 0.6 is 24.0 Å². The first-order chi connectivity index (χ1) is 9.40. The summed E-state index contributed by atoms with van der Waals surface area (Å²) in [5.74, 6) is -0.586. The molecule has 8 heteroatoms. The Hall–Kier alpha value is -0.400. The Kier molecular flexibility index (Phi) is 6.87. The SMILES string of the molecule is CC(NS(=O)(=O)c1cc(Cl)ccc1F)C1CCCNC1.Cl. The molecule has 0 amide bonds. The Balaban J connectivity index is 0.00000220. The van der Waals surface area contributed by atoms with Crippen LogP contribution in [0.5, 0.6) is 0 Å². The van der Waals surface area contributed by atoms with E-state index < -0.39 is 20.7 Å². The van der Waals surface area contributed by atoms with E-state index in [-0.39, 0.29) is 29.4 Å². The van der Waals surface area contributed by atoms with Crippen LogP contribution in [-0.4, -0.2) is 27.5 Å². The fourth-order valence-electron chi connectivity index (χ4n) is 2.39. The molecule has 21 heavy (non-hydrogen) atoms.